The molecule has 0 spiro atoms. The number of ether oxygens (including phenoxy) is 2. The lowest BCUT2D eigenvalue weighted by Gasteiger charge is -2.38. The Morgan fingerprint density at radius 1 is 1.23 bits per heavy atom. The largest absolute Gasteiger partial charge is 0.497 e. The van der Waals surface area contributed by atoms with Crippen LogP contribution < -0.4 is 10.4 Å². The molecule has 5 heteroatoms. The van der Waals surface area contributed by atoms with E-state index in [-0.39, 0.29) is 22.5 Å². The molecule has 0 aliphatic heterocycles. The van der Waals surface area contributed by atoms with Crippen molar-refractivity contribution in [2.75, 3.05) is 7.11 Å². The number of rotatable bonds is 3. The highest BCUT2D eigenvalue weighted by Crippen LogP contribution is 2.66. The molecule has 2 aliphatic rings. The fraction of sp³-hybridized carbons (Fsp3) is 0.524. The van der Waals surface area contributed by atoms with Crippen LogP contribution in [0, 0.1) is 16.7 Å². The number of fused-ring (bicyclic) bond motifs is 3. The summed E-state index contributed by atoms with van der Waals surface area (Å²) in [5.41, 5.74) is -0.219. The van der Waals surface area contributed by atoms with Crippen molar-refractivity contribution in [2.24, 2.45) is 16.7 Å². The highest BCUT2D eigenvalue weighted by Gasteiger charge is 2.62. The molecule has 138 valence electrons. The first-order chi connectivity index (χ1) is 12.3. The van der Waals surface area contributed by atoms with E-state index in [2.05, 4.69) is 20.8 Å². The fourth-order valence-electron chi connectivity index (χ4n) is 4.87. The van der Waals surface area contributed by atoms with Gasteiger partial charge in [-0.15, -0.1) is 0 Å². The Balaban J connectivity index is 1.65. The average molecular weight is 356 g/mol. The summed E-state index contributed by atoms with van der Waals surface area (Å²) >= 11 is 0. The third-order valence-corrected chi connectivity index (χ3v) is 7.12. The monoisotopic (exact) mass is 356 g/mol. The molecule has 5 nitrogen and oxygen atoms in total. The summed E-state index contributed by atoms with van der Waals surface area (Å²) in [6.45, 7) is 6.72. The van der Waals surface area contributed by atoms with Crippen LogP contribution in [0.2, 0.25) is 0 Å². The quantitative estimate of drug-likeness (QED) is 0.610. The van der Waals surface area contributed by atoms with E-state index in [4.69, 9.17) is 13.9 Å². The minimum atomic E-state index is -0.666. The third-order valence-electron chi connectivity index (χ3n) is 7.12. The smallest absolute Gasteiger partial charge is 0.351 e. The summed E-state index contributed by atoms with van der Waals surface area (Å²) in [7, 11) is 1.56. The summed E-state index contributed by atoms with van der Waals surface area (Å²) in [4.78, 5) is 25.0. The molecule has 4 rings (SSSR count). The predicted octanol–water partition coefficient (Wildman–Crippen LogP) is 4.17. The molecule has 0 unspecified atom stereocenters. The minimum absolute atomic E-state index is 0.0480. The minimum Gasteiger partial charge on any atom is -0.497 e. The van der Waals surface area contributed by atoms with Crippen molar-refractivity contribution in [2.45, 2.75) is 46.1 Å². The van der Waals surface area contributed by atoms with Crippen LogP contribution in [-0.4, -0.2) is 19.2 Å². The number of methoxy groups -OCH3 is 1. The van der Waals surface area contributed by atoms with Crippen LogP contribution in [0.5, 0.6) is 5.75 Å². The molecule has 1 aromatic carbocycles. The molecule has 3 atom stereocenters. The van der Waals surface area contributed by atoms with Crippen LogP contribution in [0.3, 0.4) is 0 Å². The van der Waals surface area contributed by atoms with Gasteiger partial charge in [-0.05, 0) is 54.9 Å². The van der Waals surface area contributed by atoms with Crippen molar-refractivity contribution in [3.8, 4) is 5.75 Å². The van der Waals surface area contributed by atoms with Crippen LogP contribution in [0.4, 0.5) is 0 Å². The zero-order valence-electron chi connectivity index (χ0n) is 15.6. The number of carbonyl (C=O) groups excluding carboxylic acids is 1. The zero-order chi connectivity index (χ0) is 18.7. The summed E-state index contributed by atoms with van der Waals surface area (Å²) in [6.07, 6.45) is 2.92. The maximum absolute atomic E-state index is 12.7. The van der Waals surface area contributed by atoms with E-state index >= 15 is 0 Å². The highest BCUT2D eigenvalue weighted by atomic mass is 16.5. The Morgan fingerprint density at radius 3 is 2.62 bits per heavy atom. The molecule has 2 aromatic rings. The normalized spacial score (nSPS) is 29.1. The number of hydrogen-bond donors (Lipinski definition) is 0. The topological polar surface area (TPSA) is 65.7 Å². The lowest BCUT2D eigenvalue weighted by atomic mass is 9.70. The van der Waals surface area contributed by atoms with Gasteiger partial charge >= 0.3 is 11.6 Å². The van der Waals surface area contributed by atoms with E-state index in [1.165, 1.54) is 12.5 Å². The number of hydrogen-bond acceptors (Lipinski definition) is 5. The van der Waals surface area contributed by atoms with Gasteiger partial charge in [0.25, 0.3) is 0 Å². The Labute approximate surface area is 152 Å². The Hall–Kier alpha value is -2.30. The molecule has 2 fully saturated rings. The zero-order valence-corrected chi connectivity index (χ0v) is 15.6. The van der Waals surface area contributed by atoms with Gasteiger partial charge in [0.15, 0.2) is 0 Å². The molecular formula is C21H24O5. The number of carbonyl (C=O) groups is 1. The lowest BCUT2D eigenvalue weighted by molar-refractivity contribution is -0.0245. The second-order valence-electron chi connectivity index (χ2n) is 8.36. The van der Waals surface area contributed by atoms with E-state index in [0.29, 0.717) is 22.6 Å². The van der Waals surface area contributed by atoms with Crippen molar-refractivity contribution in [3.63, 3.8) is 0 Å². The Bertz CT molecular complexity index is 941. The lowest BCUT2D eigenvalue weighted by Crippen LogP contribution is -2.38. The van der Waals surface area contributed by atoms with Gasteiger partial charge in [0.1, 0.15) is 23.0 Å². The third kappa shape index (κ3) is 2.29. The highest BCUT2D eigenvalue weighted by molar-refractivity contribution is 5.93. The number of esters is 1. The van der Waals surface area contributed by atoms with E-state index in [9.17, 15) is 9.59 Å². The van der Waals surface area contributed by atoms with Gasteiger partial charge in [0.05, 0.1) is 7.11 Å². The van der Waals surface area contributed by atoms with Crippen LogP contribution in [0.15, 0.2) is 33.5 Å². The van der Waals surface area contributed by atoms with Crippen molar-refractivity contribution >= 4 is 16.9 Å². The fourth-order valence-corrected chi connectivity index (χ4v) is 4.87. The van der Waals surface area contributed by atoms with Crippen LogP contribution >= 0.6 is 0 Å². The maximum atomic E-state index is 12.7. The van der Waals surface area contributed by atoms with Gasteiger partial charge in [0, 0.05) is 10.8 Å². The number of benzene rings is 1. The molecular weight excluding hydrogens is 332 g/mol. The average Bonchev–Trinajstić information content (AvgIpc) is 2.94. The molecule has 2 bridgehead atoms. The van der Waals surface area contributed by atoms with Gasteiger partial charge < -0.3 is 13.9 Å². The van der Waals surface area contributed by atoms with E-state index < -0.39 is 11.6 Å². The van der Waals surface area contributed by atoms with E-state index in [1.54, 1.807) is 25.3 Å². The van der Waals surface area contributed by atoms with Crippen LogP contribution in [-0.2, 0) is 4.74 Å². The Morgan fingerprint density at radius 2 is 2.00 bits per heavy atom. The second-order valence-corrected chi connectivity index (χ2v) is 8.36. The van der Waals surface area contributed by atoms with E-state index in [0.717, 1.165) is 12.8 Å². The standard InChI is InChI=1S/C21H24O5/c1-20(2)13-7-8-21(20,3)17(11-13)26-19(23)15-10-12-9-14(24-4)5-6-16(12)25-18(15)22/h5-6,9-10,13,17H,7-8,11H2,1-4H3/t13-,17+,21-/m0/s1. The maximum Gasteiger partial charge on any atom is 0.351 e. The molecule has 0 amide bonds. The van der Waals surface area contributed by atoms with Gasteiger partial charge in [-0.1, -0.05) is 20.8 Å². The molecule has 0 N–H and O–H groups in total. The second kappa shape index (κ2) is 5.60. The van der Waals surface area contributed by atoms with Gasteiger partial charge in [-0.2, -0.15) is 0 Å². The summed E-state index contributed by atoms with van der Waals surface area (Å²) < 4.78 is 16.3. The van der Waals surface area contributed by atoms with Crippen molar-refractivity contribution in [1.29, 1.82) is 0 Å². The molecule has 0 radical (unpaired) electrons. The SMILES string of the molecule is COc1ccc2oc(=O)c(C(=O)O[C@@H]3C[C@@H]4CC[C@]3(C)C4(C)C)cc2c1. The van der Waals surface area contributed by atoms with Gasteiger partial charge in [-0.25, -0.2) is 9.59 Å². The van der Waals surface area contributed by atoms with Crippen LogP contribution in [0.25, 0.3) is 11.0 Å². The van der Waals surface area contributed by atoms with Gasteiger partial charge in [-0.3, -0.25) is 0 Å². The predicted molar refractivity (Wildman–Crippen MR) is 97.5 cm³/mol. The molecule has 1 aromatic heterocycles. The van der Waals surface area contributed by atoms with E-state index in [1.807, 2.05) is 0 Å². The molecule has 1 heterocycles. The van der Waals surface area contributed by atoms with Crippen molar-refractivity contribution in [3.05, 3.63) is 40.2 Å². The molecule has 26 heavy (non-hydrogen) atoms. The summed E-state index contributed by atoms with van der Waals surface area (Å²) in [5.74, 6) is 0.591. The molecule has 2 aliphatic carbocycles. The van der Waals surface area contributed by atoms with Gasteiger partial charge in [0.2, 0.25) is 0 Å². The van der Waals surface area contributed by atoms with Crippen molar-refractivity contribution < 1.29 is 18.7 Å². The van der Waals surface area contributed by atoms with Crippen molar-refractivity contribution in [1.82, 2.24) is 0 Å². The summed E-state index contributed by atoms with van der Waals surface area (Å²) in [5, 5.41) is 0.635. The van der Waals surface area contributed by atoms with Crippen LogP contribution in [0.1, 0.15) is 50.4 Å². The summed E-state index contributed by atoms with van der Waals surface area (Å²) in [6, 6.07) is 6.63. The Kier molecular flexibility index (Phi) is 3.69. The molecule has 0 saturated heterocycles. The first kappa shape index (κ1) is 17.1. The first-order valence-electron chi connectivity index (χ1n) is 9.09. The molecule has 2 saturated carbocycles. The first-order valence-corrected chi connectivity index (χ1v) is 9.09.